The zero-order valence-corrected chi connectivity index (χ0v) is 15.6. The number of carbonyl (C=O) groups excluding carboxylic acids is 1. The van der Waals surface area contributed by atoms with E-state index in [1.165, 1.54) is 0 Å². The number of carbonyl (C=O) groups is 1. The number of aromatic nitrogens is 2. The van der Waals surface area contributed by atoms with Gasteiger partial charge in [-0.25, -0.2) is 0 Å². The SMILES string of the molecule is COc1cccc([C@H]2c3c(-c4cc(C)ccc4O)n[nH]c3C(=O)N2CCO)c1. The van der Waals surface area contributed by atoms with Gasteiger partial charge in [0.2, 0.25) is 0 Å². The van der Waals surface area contributed by atoms with E-state index in [9.17, 15) is 15.0 Å². The van der Waals surface area contributed by atoms with Crippen LogP contribution in [0.3, 0.4) is 0 Å². The second kappa shape index (κ2) is 7.01. The number of nitrogens with zero attached hydrogens (tertiary/aromatic N) is 2. The van der Waals surface area contributed by atoms with E-state index in [1.807, 2.05) is 43.3 Å². The minimum absolute atomic E-state index is 0.0948. The van der Waals surface area contributed by atoms with E-state index in [0.717, 1.165) is 11.1 Å². The maximum Gasteiger partial charge on any atom is 0.273 e. The van der Waals surface area contributed by atoms with Gasteiger partial charge in [-0.05, 0) is 36.8 Å². The minimum atomic E-state index is -0.446. The van der Waals surface area contributed by atoms with E-state index in [1.54, 1.807) is 18.1 Å². The number of benzene rings is 2. The van der Waals surface area contributed by atoms with Crippen molar-refractivity contribution in [1.29, 1.82) is 0 Å². The number of aliphatic hydroxyl groups excluding tert-OH is 1. The number of aromatic hydroxyl groups is 1. The summed E-state index contributed by atoms with van der Waals surface area (Å²) in [7, 11) is 1.59. The first-order valence-electron chi connectivity index (χ1n) is 8.99. The smallest absolute Gasteiger partial charge is 0.273 e. The predicted molar refractivity (Wildman–Crippen MR) is 103 cm³/mol. The van der Waals surface area contributed by atoms with Crippen molar-refractivity contribution in [3.05, 3.63) is 64.8 Å². The maximum absolute atomic E-state index is 13.0. The van der Waals surface area contributed by atoms with Crippen molar-refractivity contribution in [2.45, 2.75) is 13.0 Å². The zero-order chi connectivity index (χ0) is 19.8. The van der Waals surface area contributed by atoms with E-state index in [-0.39, 0.29) is 24.8 Å². The Hall–Kier alpha value is -3.32. The summed E-state index contributed by atoms with van der Waals surface area (Å²) >= 11 is 0. The Bertz CT molecular complexity index is 1040. The van der Waals surface area contributed by atoms with Crippen LogP contribution in [0, 0.1) is 6.92 Å². The first kappa shape index (κ1) is 18.1. The summed E-state index contributed by atoms with van der Waals surface area (Å²) in [5.41, 5.74) is 3.96. The van der Waals surface area contributed by atoms with Gasteiger partial charge < -0.3 is 19.8 Å². The van der Waals surface area contributed by atoms with Crippen molar-refractivity contribution < 1.29 is 19.7 Å². The third kappa shape index (κ3) is 2.80. The van der Waals surface area contributed by atoms with Gasteiger partial charge >= 0.3 is 0 Å². The van der Waals surface area contributed by atoms with Crippen LogP contribution >= 0.6 is 0 Å². The molecule has 2 aromatic carbocycles. The van der Waals surface area contributed by atoms with Gasteiger partial charge in [-0.15, -0.1) is 0 Å². The molecule has 0 unspecified atom stereocenters. The summed E-state index contributed by atoms with van der Waals surface area (Å²) in [6.07, 6.45) is 0. The van der Waals surface area contributed by atoms with E-state index >= 15 is 0 Å². The van der Waals surface area contributed by atoms with E-state index in [2.05, 4.69) is 10.2 Å². The van der Waals surface area contributed by atoms with Gasteiger partial charge in [-0.1, -0.05) is 23.8 Å². The molecular formula is C21H21N3O4. The molecule has 4 rings (SSSR count). The summed E-state index contributed by atoms with van der Waals surface area (Å²) < 4.78 is 5.34. The fourth-order valence-corrected chi connectivity index (χ4v) is 3.74. The Morgan fingerprint density at radius 3 is 2.82 bits per heavy atom. The van der Waals surface area contributed by atoms with Crippen LogP contribution in [0.5, 0.6) is 11.5 Å². The highest BCUT2D eigenvalue weighted by Crippen LogP contribution is 2.44. The number of H-pyrrole nitrogens is 1. The zero-order valence-electron chi connectivity index (χ0n) is 15.6. The van der Waals surface area contributed by atoms with E-state index < -0.39 is 6.04 Å². The molecule has 1 aromatic heterocycles. The highest BCUT2D eigenvalue weighted by Gasteiger charge is 2.42. The standard InChI is InChI=1S/C21H21N3O4/c1-12-6-7-16(26)15(10-12)18-17-19(23-22-18)21(27)24(8-9-25)20(17)13-4-3-5-14(11-13)28-2/h3-7,10-11,20,25-26H,8-9H2,1-2H3,(H,22,23)/t20-/m0/s1. The molecule has 0 fully saturated rings. The molecule has 28 heavy (non-hydrogen) atoms. The van der Waals surface area contributed by atoms with Gasteiger partial charge in [0.05, 0.1) is 19.8 Å². The molecular weight excluding hydrogens is 358 g/mol. The Morgan fingerprint density at radius 1 is 1.25 bits per heavy atom. The molecule has 1 aliphatic heterocycles. The molecule has 1 amide bonds. The molecule has 1 aliphatic rings. The summed E-state index contributed by atoms with van der Waals surface area (Å²) in [5, 5.41) is 27.1. The van der Waals surface area contributed by atoms with Crippen LogP contribution < -0.4 is 4.74 Å². The van der Waals surface area contributed by atoms with Crippen molar-refractivity contribution in [3.8, 4) is 22.8 Å². The van der Waals surface area contributed by atoms with Crippen LogP contribution in [0.1, 0.15) is 33.2 Å². The average Bonchev–Trinajstić information content (AvgIpc) is 3.24. The number of rotatable bonds is 5. The van der Waals surface area contributed by atoms with E-state index in [0.29, 0.717) is 28.3 Å². The van der Waals surface area contributed by atoms with Crippen LogP contribution in [0.25, 0.3) is 11.3 Å². The number of methoxy groups -OCH3 is 1. The van der Waals surface area contributed by atoms with Gasteiger partial charge in [-0.2, -0.15) is 5.10 Å². The molecule has 3 aromatic rings. The lowest BCUT2D eigenvalue weighted by Crippen LogP contribution is -2.32. The summed E-state index contributed by atoms with van der Waals surface area (Å²) in [6, 6.07) is 12.3. The predicted octanol–water partition coefficient (Wildman–Crippen LogP) is 2.64. The number of aliphatic hydroxyl groups is 1. The number of hydrogen-bond acceptors (Lipinski definition) is 5. The summed E-state index contributed by atoms with van der Waals surface area (Å²) in [6.45, 7) is 1.95. The highest BCUT2D eigenvalue weighted by molar-refractivity contribution is 6.00. The molecule has 144 valence electrons. The van der Waals surface area contributed by atoms with Crippen LogP contribution in [0.4, 0.5) is 0 Å². The van der Waals surface area contributed by atoms with Crippen molar-refractivity contribution >= 4 is 5.91 Å². The number of fused-ring (bicyclic) bond motifs is 1. The lowest BCUT2D eigenvalue weighted by molar-refractivity contribution is 0.0706. The second-order valence-electron chi connectivity index (χ2n) is 6.78. The van der Waals surface area contributed by atoms with Crippen LogP contribution in [0.15, 0.2) is 42.5 Å². The largest absolute Gasteiger partial charge is 0.507 e. The van der Waals surface area contributed by atoms with Crippen molar-refractivity contribution in [3.63, 3.8) is 0 Å². The van der Waals surface area contributed by atoms with Crippen molar-refractivity contribution in [1.82, 2.24) is 15.1 Å². The van der Waals surface area contributed by atoms with Gasteiger partial charge in [-0.3, -0.25) is 9.89 Å². The molecule has 1 atom stereocenters. The fraction of sp³-hybridized carbons (Fsp3) is 0.238. The van der Waals surface area contributed by atoms with Crippen molar-refractivity contribution in [2.24, 2.45) is 0 Å². The van der Waals surface area contributed by atoms with Crippen LogP contribution in [-0.4, -0.2) is 51.5 Å². The molecule has 0 spiro atoms. The number of phenolic OH excluding ortho intramolecular Hbond substituents is 1. The fourth-order valence-electron chi connectivity index (χ4n) is 3.74. The van der Waals surface area contributed by atoms with Gasteiger partial charge in [0, 0.05) is 17.7 Å². The number of phenols is 1. The molecule has 7 nitrogen and oxygen atoms in total. The maximum atomic E-state index is 13.0. The van der Waals surface area contributed by atoms with Crippen LogP contribution in [0.2, 0.25) is 0 Å². The molecule has 3 N–H and O–H groups in total. The number of β-amino-alcohol motifs (C(OH)–C–C–N with tert-alkyl or cyclic N) is 1. The normalized spacial score (nSPS) is 15.8. The van der Waals surface area contributed by atoms with Gasteiger partial charge in [0.1, 0.15) is 22.9 Å². The monoisotopic (exact) mass is 379 g/mol. The minimum Gasteiger partial charge on any atom is -0.507 e. The lowest BCUT2D eigenvalue weighted by atomic mass is 9.95. The lowest BCUT2D eigenvalue weighted by Gasteiger charge is -2.26. The molecule has 0 saturated heterocycles. The summed E-state index contributed by atoms with van der Waals surface area (Å²) in [4.78, 5) is 14.6. The van der Waals surface area contributed by atoms with Gasteiger partial charge in [0.25, 0.3) is 5.91 Å². The molecule has 2 heterocycles. The molecule has 0 bridgehead atoms. The van der Waals surface area contributed by atoms with Gasteiger partial charge in [0.15, 0.2) is 0 Å². The van der Waals surface area contributed by atoms with E-state index in [4.69, 9.17) is 4.74 Å². The topological polar surface area (TPSA) is 98.7 Å². The number of hydrogen-bond donors (Lipinski definition) is 3. The molecule has 0 aliphatic carbocycles. The molecule has 0 saturated carbocycles. The first-order valence-corrected chi connectivity index (χ1v) is 8.99. The second-order valence-corrected chi connectivity index (χ2v) is 6.78. The van der Waals surface area contributed by atoms with Crippen molar-refractivity contribution in [2.75, 3.05) is 20.3 Å². The number of ether oxygens (including phenoxy) is 1. The Morgan fingerprint density at radius 2 is 2.07 bits per heavy atom. The highest BCUT2D eigenvalue weighted by atomic mass is 16.5. The quantitative estimate of drug-likeness (QED) is 0.633. The Labute approximate surface area is 162 Å². The summed E-state index contributed by atoms with van der Waals surface area (Å²) in [5.74, 6) is 0.533. The number of amides is 1. The third-order valence-corrected chi connectivity index (χ3v) is 5.02. The molecule has 0 radical (unpaired) electrons. The number of aryl methyl sites for hydroxylation is 1. The number of aromatic amines is 1. The average molecular weight is 379 g/mol. The first-order chi connectivity index (χ1) is 13.5. The Balaban J connectivity index is 1.92. The molecule has 7 heteroatoms. The third-order valence-electron chi connectivity index (χ3n) is 5.02. The van der Waals surface area contributed by atoms with Crippen LogP contribution in [-0.2, 0) is 0 Å². The number of nitrogens with one attached hydrogen (secondary N) is 1. The Kier molecular flexibility index (Phi) is 4.52.